The van der Waals surface area contributed by atoms with Crippen molar-refractivity contribution in [3.05, 3.63) is 35.4 Å². The molecule has 2 rings (SSSR count). The van der Waals surface area contributed by atoms with Gasteiger partial charge in [-0.3, -0.25) is 4.79 Å². The molecule has 1 unspecified atom stereocenters. The highest BCUT2D eigenvalue weighted by molar-refractivity contribution is 5.76. The van der Waals surface area contributed by atoms with Crippen LogP contribution in [0.3, 0.4) is 0 Å². The van der Waals surface area contributed by atoms with Crippen LogP contribution in [0, 0.1) is 6.92 Å². The highest BCUT2D eigenvalue weighted by Crippen LogP contribution is 2.16. The highest BCUT2D eigenvalue weighted by atomic mass is 16.2. The second-order valence-corrected chi connectivity index (χ2v) is 5.37. The SMILES string of the molecule is Cc1ccccc1C(C)NCCC(=O)N1CCCC1. The lowest BCUT2D eigenvalue weighted by molar-refractivity contribution is -0.130. The molecule has 1 fully saturated rings. The standard InChI is InChI=1S/C16H24N2O/c1-13-7-3-4-8-15(13)14(2)17-10-9-16(19)18-11-5-6-12-18/h3-4,7-8,14,17H,5-6,9-12H2,1-2H3. The van der Waals surface area contributed by atoms with Gasteiger partial charge >= 0.3 is 0 Å². The number of hydrogen-bond donors (Lipinski definition) is 1. The fourth-order valence-electron chi connectivity index (χ4n) is 2.70. The van der Waals surface area contributed by atoms with Gasteiger partial charge in [-0.15, -0.1) is 0 Å². The van der Waals surface area contributed by atoms with Crippen molar-refractivity contribution in [2.45, 2.75) is 39.2 Å². The number of nitrogens with one attached hydrogen (secondary N) is 1. The average molecular weight is 260 g/mol. The first-order valence-electron chi connectivity index (χ1n) is 7.25. The largest absolute Gasteiger partial charge is 0.343 e. The van der Waals surface area contributed by atoms with E-state index in [1.54, 1.807) is 0 Å². The average Bonchev–Trinajstić information content (AvgIpc) is 2.93. The van der Waals surface area contributed by atoms with E-state index in [1.165, 1.54) is 24.0 Å². The third kappa shape index (κ3) is 3.80. The maximum atomic E-state index is 11.9. The van der Waals surface area contributed by atoms with Gasteiger partial charge in [0.1, 0.15) is 0 Å². The Labute approximate surface area is 116 Å². The molecule has 0 saturated carbocycles. The molecule has 1 aliphatic heterocycles. The second kappa shape index (κ2) is 6.71. The lowest BCUT2D eigenvalue weighted by atomic mass is 10.0. The first-order valence-corrected chi connectivity index (χ1v) is 7.25. The molecule has 1 aliphatic rings. The number of aryl methyl sites for hydroxylation is 1. The van der Waals surface area contributed by atoms with Gasteiger partial charge in [0.15, 0.2) is 0 Å². The summed E-state index contributed by atoms with van der Waals surface area (Å²) in [6, 6.07) is 8.70. The molecule has 1 N–H and O–H groups in total. The summed E-state index contributed by atoms with van der Waals surface area (Å²) < 4.78 is 0. The van der Waals surface area contributed by atoms with Crippen LogP contribution in [0.25, 0.3) is 0 Å². The molecule has 3 nitrogen and oxygen atoms in total. The first kappa shape index (κ1) is 14.1. The van der Waals surface area contributed by atoms with E-state index in [0.29, 0.717) is 18.4 Å². The summed E-state index contributed by atoms with van der Waals surface area (Å²) in [5, 5.41) is 3.45. The maximum absolute atomic E-state index is 11.9. The zero-order valence-corrected chi connectivity index (χ0v) is 12.0. The smallest absolute Gasteiger partial charge is 0.223 e. The number of nitrogens with zero attached hydrogens (tertiary/aromatic N) is 1. The van der Waals surface area contributed by atoms with Crippen molar-refractivity contribution < 1.29 is 4.79 Å². The molecular weight excluding hydrogens is 236 g/mol. The maximum Gasteiger partial charge on any atom is 0.223 e. The number of amides is 1. The van der Waals surface area contributed by atoms with E-state index in [-0.39, 0.29) is 0 Å². The van der Waals surface area contributed by atoms with Crippen LogP contribution in [0.2, 0.25) is 0 Å². The molecule has 0 spiro atoms. The van der Waals surface area contributed by atoms with E-state index < -0.39 is 0 Å². The molecule has 0 radical (unpaired) electrons. The monoisotopic (exact) mass is 260 g/mol. The van der Waals surface area contributed by atoms with Crippen molar-refractivity contribution >= 4 is 5.91 Å². The van der Waals surface area contributed by atoms with Crippen LogP contribution >= 0.6 is 0 Å². The van der Waals surface area contributed by atoms with Crippen molar-refractivity contribution in [2.24, 2.45) is 0 Å². The molecular formula is C16H24N2O. The van der Waals surface area contributed by atoms with Gasteiger partial charge in [0, 0.05) is 32.1 Å². The van der Waals surface area contributed by atoms with E-state index in [0.717, 1.165) is 19.6 Å². The van der Waals surface area contributed by atoms with Crippen molar-refractivity contribution in [1.29, 1.82) is 0 Å². The topological polar surface area (TPSA) is 32.3 Å². The molecule has 1 aromatic carbocycles. The Kier molecular flexibility index (Phi) is 4.97. The first-order chi connectivity index (χ1) is 9.18. The Balaban J connectivity index is 1.76. The van der Waals surface area contributed by atoms with Crippen LogP contribution < -0.4 is 5.32 Å². The Morgan fingerprint density at radius 3 is 2.68 bits per heavy atom. The summed E-state index contributed by atoms with van der Waals surface area (Å²) in [5.41, 5.74) is 2.62. The van der Waals surface area contributed by atoms with Crippen LogP contribution in [-0.4, -0.2) is 30.4 Å². The number of rotatable bonds is 5. The zero-order valence-electron chi connectivity index (χ0n) is 12.0. The third-order valence-corrected chi connectivity index (χ3v) is 3.90. The van der Waals surface area contributed by atoms with E-state index in [4.69, 9.17) is 0 Å². The Hall–Kier alpha value is -1.35. The van der Waals surface area contributed by atoms with Gasteiger partial charge in [0.25, 0.3) is 0 Å². The lowest BCUT2D eigenvalue weighted by Crippen LogP contribution is -2.31. The summed E-state index contributed by atoms with van der Waals surface area (Å²) in [4.78, 5) is 13.9. The van der Waals surface area contributed by atoms with Crippen molar-refractivity contribution in [2.75, 3.05) is 19.6 Å². The summed E-state index contributed by atoms with van der Waals surface area (Å²) in [6.07, 6.45) is 2.94. The summed E-state index contributed by atoms with van der Waals surface area (Å²) in [7, 11) is 0. The highest BCUT2D eigenvalue weighted by Gasteiger charge is 2.17. The minimum atomic E-state index is 0.294. The fourth-order valence-corrected chi connectivity index (χ4v) is 2.70. The van der Waals surface area contributed by atoms with Crippen LogP contribution in [0.15, 0.2) is 24.3 Å². The second-order valence-electron chi connectivity index (χ2n) is 5.37. The molecule has 0 bridgehead atoms. The number of carbonyl (C=O) groups excluding carboxylic acids is 1. The van der Waals surface area contributed by atoms with E-state index >= 15 is 0 Å². The van der Waals surface area contributed by atoms with Crippen molar-refractivity contribution in [3.8, 4) is 0 Å². The predicted octanol–water partition coefficient (Wildman–Crippen LogP) is 2.66. The molecule has 0 aromatic heterocycles. The van der Waals surface area contributed by atoms with Gasteiger partial charge in [-0.2, -0.15) is 0 Å². The summed E-state index contributed by atoms with van der Waals surface area (Å²) >= 11 is 0. The Morgan fingerprint density at radius 1 is 1.32 bits per heavy atom. The van der Waals surface area contributed by atoms with E-state index in [1.807, 2.05) is 4.90 Å². The van der Waals surface area contributed by atoms with Crippen LogP contribution in [0.4, 0.5) is 0 Å². The molecule has 1 saturated heterocycles. The molecule has 104 valence electrons. The normalized spacial score (nSPS) is 16.6. The molecule has 1 atom stereocenters. The fraction of sp³-hybridized carbons (Fsp3) is 0.562. The van der Waals surface area contributed by atoms with Crippen LogP contribution in [-0.2, 0) is 4.79 Å². The van der Waals surface area contributed by atoms with Gasteiger partial charge in [0.2, 0.25) is 5.91 Å². The summed E-state index contributed by atoms with van der Waals surface area (Å²) in [6.45, 7) is 6.94. The number of likely N-dealkylation sites (tertiary alicyclic amines) is 1. The van der Waals surface area contributed by atoms with E-state index in [9.17, 15) is 4.79 Å². The molecule has 1 heterocycles. The number of hydrogen-bond acceptors (Lipinski definition) is 2. The predicted molar refractivity (Wildman–Crippen MR) is 78.0 cm³/mol. The van der Waals surface area contributed by atoms with Crippen molar-refractivity contribution in [1.82, 2.24) is 10.2 Å². The lowest BCUT2D eigenvalue weighted by Gasteiger charge is -2.18. The molecule has 1 aromatic rings. The zero-order chi connectivity index (χ0) is 13.7. The van der Waals surface area contributed by atoms with Gasteiger partial charge in [0.05, 0.1) is 0 Å². The molecule has 3 heteroatoms. The molecule has 19 heavy (non-hydrogen) atoms. The Bertz CT molecular complexity index is 425. The number of benzene rings is 1. The summed E-state index contributed by atoms with van der Waals surface area (Å²) in [5.74, 6) is 0.294. The quantitative estimate of drug-likeness (QED) is 0.882. The van der Waals surface area contributed by atoms with Gasteiger partial charge in [-0.1, -0.05) is 24.3 Å². The molecule has 1 amide bonds. The third-order valence-electron chi connectivity index (χ3n) is 3.90. The van der Waals surface area contributed by atoms with Crippen LogP contribution in [0.5, 0.6) is 0 Å². The van der Waals surface area contributed by atoms with Crippen molar-refractivity contribution in [3.63, 3.8) is 0 Å². The van der Waals surface area contributed by atoms with E-state index in [2.05, 4.69) is 43.4 Å². The minimum Gasteiger partial charge on any atom is -0.343 e. The van der Waals surface area contributed by atoms with Gasteiger partial charge in [-0.25, -0.2) is 0 Å². The van der Waals surface area contributed by atoms with Crippen LogP contribution in [0.1, 0.15) is 43.4 Å². The molecule has 0 aliphatic carbocycles. The van der Waals surface area contributed by atoms with Gasteiger partial charge in [-0.05, 0) is 37.8 Å². The minimum absolute atomic E-state index is 0.294. The van der Waals surface area contributed by atoms with Gasteiger partial charge < -0.3 is 10.2 Å². The Morgan fingerprint density at radius 2 is 2.00 bits per heavy atom. The number of carbonyl (C=O) groups is 1.